The largest absolute Gasteiger partial charge is 0.385 e. The van der Waals surface area contributed by atoms with Crippen LogP contribution in [0.3, 0.4) is 0 Å². The number of rotatable bonds is 5. The minimum Gasteiger partial charge on any atom is -0.385 e. The lowest BCUT2D eigenvalue weighted by atomic mass is 9.84. The third-order valence-electron chi connectivity index (χ3n) is 6.34. The van der Waals surface area contributed by atoms with E-state index in [1.54, 1.807) is 13.8 Å². The van der Waals surface area contributed by atoms with Crippen LogP contribution in [0, 0.1) is 25.2 Å². The molecule has 10 heteroatoms. The highest BCUT2D eigenvalue weighted by molar-refractivity contribution is 7.92. The molecule has 2 N–H and O–H groups in total. The molecule has 0 amide bonds. The van der Waals surface area contributed by atoms with E-state index in [4.69, 9.17) is 23.2 Å². The number of aryl methyl sites for hydroxylation is 1. The van der Waals surface area contributed by atoms with Crippen LogP contribution in [0.4, 0.5) is 11.5 Å². The second-order valence-electron chi connectivity index (χ2n) is 8.57. The fraction of sp³-hybridized carbons (Fsp3) is 0.280. The monoisotopic (exact) mass is 530 g/mol. The predicted octanol–water partition coefficient (Wildman–Crippen LogP) is 5.17. The fourth-order valence-corrected chi connectivity index (χ4v) is 6.31. The van der Waals surface area contributed by atoms with Gasteiger partial charge in [0, 0.05) is 18.1 Å². The van der Waals surface area contributed by atoms with Gasteiger partial charge in [-0.15, -0.1) is 0 Å². The molecule has 0 spiro atoms. The third-order valence-corrected chi connectivity index (χ3v) is 8.41. The summed E-state index contributed by atoms with van der Waals surface area (Å²) in [5.74, 6) is 0.477. The van der Waals surface area contributed by atoms with Crippen LogP contribution in [0.2, 0.25) is 10.0 Å². The van der Waals surface area contributed by atoms with Gasteiger partial charge in [-0.25, -0.2) is 13.4 Å². The number of sulfonamides is 1. The first-order chi connectivity index (χ1) is 16.6. The van der Waals surface area contributed by atoms with E-state index < -0.39 is 15.6 Å². The number of piperidine rings is 1. The van der Waals surface area contributed by atoms with Crippen molar-refractivity contribution in [1.29, 1.82) is 5.26 Å². The Labute approximate surface area is 215 Å². The van der Waals surface area contributed by atoms with Gasteiger partial charge in [0.15, 0.2) is 0 Å². The Morgan fingerprint density at radius 1 is 1.11 bits per heavy atom. The lowest BCUT2D eigenvalue weighted by Crippen LogP contribution is -2.43. The number of nitrogens with zero attached hydrogens (tertiary/aromatic N) is 3. The zero-order valence-corrected chi connectivity index (χ0v) is 21.5. The molecule has 3 aromatic rings. The smallest absolute Gasteiger partial charge is 0.263 e. The van der Waals surface area contributed by atoms with E-state index in [1.807, 2.05) is 35.2 Å². The molecule has 0 bridgehead atoms. The van der Waals surface area contributed by atoms with Crippen LogP contribution in [0.25, 0.3) is 0 Å². The highest BCUT2D eigenvalue weighted by atomic mass is 35.5. The lowest BCUT2D eigenvalue weighted by Gasteiger charge is -2.39. The molecule has 0 aliphatic carbocycles. The summed E-state index contributed by atoms with van der Waals surface area (Å²) < 4.78 is 28.6. The van der Waals surface area contributed by atoms with Crippen molar-refractivity contribution in [2.24, 2.45) is 0 Å². The summed E-state index contributed by atoms with van der Waals surface area (Å²) in [5, 5.41) is 21.4. The van der Waals surface area contributed by atoms with E-state index >= 15 is 0 Å². The van der Waals surface area contributed by atoms with Gasteiger partial charge in [0.1, 0.15) is 16.8 Å². The third kappa shape index (κ3) is 4.95. The molecule has 1 fully saturated rings. The van der Waals surface area contributed by atoms with Crippen molar-refractivity contribution in [3.8, 4) is 6.07 Å². The van der Waals surface area contributed by atoms with Crippen molar-refractivity contribution < 1.29 is 13.5 Å². The minimum absolute atomic E-state index is 0.00962. The van der Waals surface area contributed by atoms with Crippen molar-refractivity contribution in [3.63, 3.8) is 0 Å². The number of benzene rings is 2. The molecule has 182 valence electrons. The normalized spacial score (nSPS) is 15.5. The SMILES string of the molecule is Cc1nc(N2CCC(O)(c3ccccc3)CC2)c(C#N)c(C)c1NS(=O)(=O)c1ccc(Cl)cc1Cl. The number of pyridine rings is 1. The van der Waals surface area contributed by atoms with E-state index in [0.717, 1.165) is 5.56 Å². The summed E-state index contributed by atoms with van der Waals surface area (Å²) in [6.07, 6.45) is 0.955. The van der Waals surface area contributed by atoms with Gasteiger partial charge in [-0.05, 0) is 56.0 Å². The summed E-state index contributed by atoms with van der Waals surface area (Å²) in [7, 11) is -4.05. The first kappa shape index (κ1) is 25.3. The summed E-state index contributed by atoms with van der Waals surface area (Å²) in [5.41, 5.74) is 1.32. The molecule has 1 aliphatic rings. The van der Waals surface area contributed by atoms with Gasteiger partial charge in [-0.2, -0.15) is 5.26 Å². The fourth-order valence-electron chi connectivity index (χ4n) is 4.36. The predicted molar refractivity (Wildman–Crippen MR) is 137 cm³/mol. The lowest BCUT2D eigenvalue weighted by molar-refractivity contribution is 0.0116. The molecule has 0 unspecified atom stereocenters. The number of halogens is 2. The van der Waals surface area contributed by atoms with Gasteiger partial charge in [-0.1, -0.05) is 53.5 Å². The van der Waals surface area contributed by atoms with Crippen molar-refractivity contribution in [2.75, 3.05) is 22.7 Å². The average Bonchev–Trinajstić information content (AvgIpc) is 2.82. The molecule has 0 saturated carbocycles. The molecule has 35 heavy (non-hydrogen) atoms. The Bertz CT molecular complexity index is 1410. The molecule has 0 atom stereocenters. The highest BCUT2D eigenvalue weighted by Gasteiger charge is 2.35. The second kappa shape index (κ2) is 9.67. The molecule has 1 aromatic heterocycles. The number of hydrogen-bond acceptors (Lipinski definition) is 6. The van der Waals surface area contributed by atoms with Gasteiger partial charge < -0.3 is 10.0 Å². The average molecular weight is 531 g/mol. The molecule has 7 nitrogen and oxygen atoms in total. The first-order valence-corrected chi connectivity index (χ1v) is 13.2. The molecular formula is C25H24Cl2N4O3S. The molecular weight excluding hydrogens is 507 g/mol. The van der Waals surface area contributed by atoms with E-state index in [1.165, 1.54) is 18.2 Å². The maximum absolute atomic E-state index is 13.0. The van der Waals surface area contributed by atoms with Crippen molar-refractivity contribution >= 4 is 44.7 Å². The van der Waals surface area contributed by atoms with Crippen LogP contribution < -0.4 is 9.62 Å². The van der Waals surface area contributed by atoms with Crippen molar-refractivity contribution in [1.82, 2.24) is 4.98 Å². The van der Waals surface area contributed by atoms with Crippen LogP contribution in [0.1, 0.15) is 35.2 Å². The zero-order chi connectivity index (χ0) is 25.4. The Hall–Kier alpha value is -2.83. The van der Waals surface area contributed by atoms with E-state index in [2.05, 4.69) is 15.8 Å². The van der Waals surface area contributed by atoms with Gasteiger partial charge in [0.2, 0.25) is 0 Å². The Balaban J connectivity index is 1.63. The second-order valence-corrected chi connectivity index (χ2v) is 11.1. The Kier molecular flexibility index (Phi) is 6.98. The topological polar surface area (TPSA) is 106 Å². The Morgan fingerprint density at radius 2 is 1.77 bits per heavy atom. The summed E-state index contributed by atoms with van der Waals surface area (Å²) in [4.78, 5) is 6.44. The van der Waals surface area contributed by atoms with E-state index in [0.29, 0.717) is 48.0 Å². The number of hydrogen-bond donors (Lipinski definition) is 2. The molecule has 1 aliphatic heterocycles. The number of anilines is 2. The van der Waals surface area contributed by atoms with E-state index in [9.17, 15) is 18.8 Å². The quantitative estimate of drug-likeness (QED) is 0.471. The molecule has 2 aromatic carbocycles. The summed E-state index contributed by atoms with van der Waals surface area (Å²) in [6.45, 7) is 4.36. The van der Waals surface area contributed by atoms with Gasteiger partial charge in [0.25, 0.3) is 10.0 Å². The van der Waals surface area contributed by atoms with Gasteiger partial charge >= 0.3 is 0 Å². The number of nitrogens with one attached hydrogen (secondary N) is 1. The standard InChI is InChI=1S/C25H24Cl2N4O3S/c1-16-20(15-28)24(31-12-10-25(32,11-13-31)18-6-4-3-5-7-18)29-17(2)23(16)30-35(33,34)22-9-8-19(26)14-21(22)27/h3-9,14,30,32H,10-13H2,1-2H3. The summed E-state index contributed by atoms with van der Waals surface area (Å²) >= 11 is 12.0. The molecule has 2 heterocycles. The van der Waals surface area contributed by atoms with Gasteiger partial charge in [0.05, 0.1) is 27.6 Å². The maximum Gasteiger partial charge on any atom is 0.263 e. The van der Waals surface area contributed by atoms with E-state index in [-0.39, 0.29) is 21.2 Å². The van der Waals surface area contributed by atoms with Crippen LogP contribution in [-0.2, 0) is 15.6 Å². The number of aromatic nitrogens is 1. The Morgan fingerprint density at radius 3 is 2.37 bits per heavy atom. The number of aliphatic hydroxyl groups is 1. The highest BCUT2D eigenvalue weighted by Crippen LogP contribution is 2.37. The van der Waals surface area contributed by atoms with Crippen LogP contribution >= 0.6 is 23.2 Å². The van der Waals surface area contributed by atoms with Crippen molar-refractivity contribution in [3.05, 3.63) is 81.0 Å². The first-order valence-electron chi connectivity index (χ1n) is 11.0. The van der Waals surface area contributed by atoms with Gasteiger partial charge in [-0.3, -0.25) is 4.72 Å². The minimum atomic E-state index is -4.05. The zero-order valence-electron chi connectivity index (χ0n) is 19.2. The summed E-state index contributed by atoms with van der Waals surface area (Å²) in [6, 6.07) is 15.8. The maximum atomic E-state index is 13.0. The van der Waals surface area contributed by atoms with Crippen molar-refractivity contribution in [2.45, 2.75) is 37.2 Å². The van der Waals surface area contributed by atoms with Crippen LogP contribution in [0.5, 0.6) is 0 Å². The van der Waals surface area contributed by atoms with Crippen LogP contribution in [0.15, 0.2) is 53.4 Å². The van der Waals surface area contributed by atoms with Crippen LogP contribution in [-0.4, -0.2) is 31.6 Å². The molecule has 4 rings (SSSR count). The number of nitriles is 1. The molecule has 1 saturated heterocycles. The molecule has 0 radical (unpaired) electrons.